The van der Waals surface area contributed by atoms with Crippen LogP contribution in [0.2, 0.25) is 5.02 Å². The van der Waals surface area contributed by atoms with Gasteiger partial charge in [-0.3, -0.25) is 10.1 Å². The number of thiocarbonyl (C=S) groups is 1. The van der Waals surface area contributed by atoms with Crippen LogP contribution in [0, 0.1) is 10.1 Å². The summed E-state index contributed by atoms with van der Waals surface area (Å²) in [5, 5.41) is 17.5. The van der Waals surface area contributed by atoms with Gasteiger partial charge in [0, 0.05) is 16.6 Å². The molecular weight excluding hydrogens is 434 g/mol. The number of nitrogens with one attached hydrogen (secondary N) is 2. The lowest BCUT2D eigenvalue weighted by Gasteiger charge is -2.10. The molecule has 3 rings (SSSR count). The van der Waals surface area contributed by atoms with E-state index in [1.54, 1.807) is 12.1 Å². The van der Waals surface area contributed by atoms with Crippen LogP contribution in [-0.4, -0.2) is 23.1 Å². The molecule has 0 aliphatic heterocycles. The van der Waals surface area contributed by atoms with Crippen LogP contribution >= 0.6 is 35.2 Å². The van der Waals surface area contributed by atoms with E-state index in [0.29, 0.717) is 16.3 Å². The SMILES string of the molecule is COC(=O)c1cc(-c2ccccc2)sc1NC(=S)Nc1ccc(Cl)c([N+](=O)[O-])c1. The number of esters is 1. The number of rotatable bonds is 5. The Morgan fingerprint density at radius 3 is 2.55 bits per heavy atom. The molecule has 1 heterocycles. The molecule has 0 bridgehead atoms. The van der Waals surface area contributed by atoms with Crippen LogP contribution < -0.4 is 10.6 Å². The van der Waals surface area contributed by atoms with Gasteiger partial charge in [0.05, 0.1) is 17.6 Å². The number of carbonyl (C=O) groups excluding carboxylic acids is 1. The van der Waals surface area contributed by atoms with E-state index in [2.05, 4.69) is 10.6 Å². The maximum atomic E-state index is 12.2. The fourth-order valence-corrected chi connectivity index (χ4v) is 4.01. The molecular formula is C19H14ClN3O4S2. The maximum Gasteiger partial charge on any atom is 0.340 e. The summed E-state index contributed by atoms with van der Waals surface area (Å²) in [6.07, 6.45) is 0. The molecule has 0 aliphatic carbocycles. The van der Waals surface area contributed by atoms with Crippen LogP contribution in [0.15, 0.2) is 54.6 Å². The molecule has 29 heavy (non-hydrogen) atoms. The van der Waals surface area contributed by atoms with Crippen molar-refractivity contribution in [3.05, 3.63) is 75.3 Å². The number of benzene rings is 2. The van der Waals surface area contributed by atoms with E-state index in [0.717, 1.165) is 10.4 Å². The van der Waals surface area contributed by atoms with Crippen molar-refractivity contribution in [3.8, 4) is 10.4 Å². The van der Waals surface area contributed by atoms with Gasteiger partial charge in [-0.2, -0.15) is 0 Å². The number of methoxy groups -OCH3 is 1. The molecule has 0 amide bonds. The van der Waals surface area contributed by atoms with Crippen LogP contribution in [-0.2, 0) is 4.74 Å². The van der Waals surface area contributed by atoms with Crippen molar-refractivity contribution in [2.24, 2.45) is 0 Å². The van der Waals surface area contributed by atoms with Gasteiger partial charge >= 0.3 is 5.97 Å². The standard InChI is InChI=1S/C19H14ClN3O4S2/c1-27-18(24)13-10-16(11-5-3-2-4-6-11)29-17(13)22-19(28)21-12-7-8-14(20)15(9-12)23(25)26/h2-10H,1H3,(H2,21,22,28). The molecule has 0 unspecified atom stereocenters. The van der Waals surface area contributed by atoms with E-state index in [4.69, 9.17) is 28.6 Å². The maximum absolute atomic E-state index is 12.2. The van der Waals surface area contributed by atoms with Gasteiger partial charge in [0.15, 0.2) is 5.11 Å². The summed E-state index contributed by atoms with van der Waals surface area (Å²) < 4.78 is 4.86. The van der Waals surface area contributed by atoms with Gasteiger partial charge in [0.1, 0.15) is 10.0 Å². The fourth-order valence-electron chi connectivity index (χ4n) is 2.49. The summed E-state index contributed by atoms with van der Waals surface area (Å²) in [6, 6.07) is 15.5. The number of thiophene rings is 1. The summed E-state index contributed by atoms with van der Waals surface area (Å²) >= 11 is 12.5. The van der Waals surface area contributed by atoms with Gasteiger partial charge in [-0.05, 0) is 36.0 Å². The first-order valence-corrected chi connectivity index (χ1v) is 9.79. The molecule has 0 saturated heterocycles. The highest BCUT2D eigenvalue weighted by molar-refractivity contribution is 7.80. The number of nitro groups is 1. The molecule has 2 aromatic carbocycles. The normalized spacial score (nSPS) is 10.3. The lowest BCUT2D eigenvalue weighted by Crippen LogP contribution is -2.20. The Labute approximate surface area is 180 Å². The predicted molar refractivity (Wildman–Crippen MR) is 119 cm³/mol. The van der Waals surface area contributed by atoms with E-state index in [1.165, 1.54) is 30.6 Å². The van der Waals surface area contributed by atoms with Gasteiger partial charge in [0.2, 0.25) is 0 Å². The highest BCUT2D eigenvalue weighted by atomic mass is 35.5. The van der Waals surface area contributed by atoms with E-state index in [1.807, 2.05) is 30.3 Å². The molecule has 1 aromatic heterocycles. The first-order valence-electron chi connectivity index (χ1n) is 8.18. The summed E-state index contributed by atoms with van der Waals surface area (Å²) in [6.45, 7) is 0. The lowest BCUT2D eigenvalue weighted by atomic mass is 10.1. The van der Waals surface area contributed by atoms with Gasteiger partial charge in [-0.15, -0.1) is 11.3 Å². The molecule has 10 heteroatoms. The van der Waals surface area contributed by atoms with Gasteiger partial charge in [-0.25, -0.2) is 4.79 Å². The number of hydrogen-bond donors (Lipinski definition) is 2. The number of nitro benzene ring substituents is 1. The number of hydrogen-bond acceptors (Lipinski definition) is 6. The number of nitrogens with zero attached hydrogens (tertiary/aromatic N) is 1. The molecule has 148 valence electrons. The van der Waals surface area contributed by atoms with Crippen molar-refractivity contribution in [1.82, 2.24) is 0 Å². The first kappa shape index (κ1) is 20.7. The minimum absolute atomic E-state index is 0.0261. The van der Waals surface area contributed by atoms with Crippen molar-refractivity contribution >= 4 is 62.6 Å². The van der Waals surface area contributed by atoms with Crippen molar-refractivity contribution in [3.63, 3.8) is 0 Å². The molecule has 0 aliphatic rings. The van der Waals surface area contributed by atoms with Gasteiger partial charge in [0.25, 0.3) is 5.69 Å². The van der Waals surface area contributed by atoms with Gasteiger partial charge in [-0.1, -0.05) is 41.9 Å². The topological polar surface area (TPSA) is 93.5 Å². The second-order valence-corrected chi connectivity index (χ2v) is 7.58. The van der Waals surface area contributed by atoms with Crippen LogP contribution in [0.3, 0.4) is 0 Å². The Hall–Kier alpha value is -3.01. The van der Waals surface area contributed by atoms with E-state index >= 15 is 0 Å². The van der Waals surface area contributed by atoms with E-state index in [9.17, 15) is 14.9 Å². The van der Waals surface area contributed by atoms with Crippen LogP contribution in [0.1, 0.15) is 10.4 Å². The zero-order valence-electron chi connectivity index (χ0n) is 15.0. The second-order valence-electron chi connectivity index (χ2n) is 5.71. The summed E-state index contributed by atoms with van der Waals surface area (Å²) in [7, 11) is 1.30. The number of halogens is 1. The largest absolute Gasteiger partial charge is 0.465 e. The molecule has 0 radical (unpaired) electrons. The summed E-state index contributed by atoms with van der Waals surface area (Å²) in [5.74, 6) is -0.504. The number of ether oxygens (including phenoxy) is 1. The molecule has 3 aromatic rings. The van der Waals surface area contributed by atoms with Crippen molar-refractivity contribution in [2.75, 3.05) is 17.7 Å². The van der Waals surface area contributed by atoms with E-state index in [-0.39, 0.29) is 15.8 Å². The van der Waals surface area contributed by atoms with Crippen molar-refractivity contribution in [2.45, 2.75) is 0 Å². The zero-order chi connectivity index (χ0) is 21.0. The molecule has 0 fully saturated rings. The minimum Gasteiger partial charge on any atom is -0.465 e. The number of carbonyl (C=O) groups is 1. The van der Waals surface area contributed by atoms with Crippen molar-refractivity contribution < 1.29 is 14.5 Å². The predicted octanol–water partition coefficient (Wildman–Crippen LogP) is 5.57. The average Bonchev–Trinajstić information content (AvgIpc) is 3.13. The van der Waals surface area contributed by atoms with Crippen LogP contribution in [0.5, 0.6) is 0 Å². The number of anilines is 2. The Morgan fingerprint density at radius 2 is 1.90 bits per heavy atom. The first-order chi connectivity index (χ1) is 13.9. The highest BCUT2D eigenvalue weighted by Gasteiger charge is 2.19. The molecule has 2 N–H and O–H groups in total. The Balaban J connectivity index is 1.84. The Morgan fingerprint density at radius 1 is 1.17 bits per heavy atom. The van der Waals surface area contributed by atoms with Crippen LogP contribution in [0.25, 0.3) is 10.4 Å². The lowest BCUT2D eigenvalue weighted by molar-refractivity contribution is -0.384. The summed E-state index contributed by atoms with van der Waals surface area (Å²) in [5.41, 5.74) is 1.43. The van der Waals surface area contributed by atoms with Crippen molar-refractivity contribution in [1.29, 1.82) is 0 Å². The summed E-state index contributed by atoms with van der Waals surface area (Å²) in [4.78, 5) is 23.5. The second kappa shape index (κ2) is 8.99. The average molecular weight is 448 g/mol. The fraction of sp³-hybridized carbons (Fsp3) is 0.0526. The Kier molecular flexibility index (Phi) is 6.42. The third-order valence-electron chi connectivity index (χ3n) is 3.82. The third kappa shape index (κ3) is 4.89. The van der Waals surface area contributed by atoms with E-state index < -0.39 is 10.9 Å². The quantitative estimate of drug-likeness (QED) is 0.228. The zero-order valence-corrected chi connectivity index (χ0v) is 17.4. The molecule has 0 spiro atoms. The van der Waals surface area contributed by atoms with Crippen LogP contribution in [0.4, 0.5) is 16.4 Å². The molecule has 7 nitrogen and oxygen atoms in total. The smallest absolute Gasteiger partial charge is 0.340 e. The molecule has 0 atom stereocenters. The molecule has 0 saturated carbocycles. The third-order valence-corrected chi connectivity index (χ3v) is 5.45. The monoisotopic (exact) mass is 447 g/mol. The Bertz CT molecular complexity index is 1090. The highest BCUT2D eigenvalue weighted by Crippen LogP contribution is 2.36. The van der Waals surface area contributed by atoms with Gasteiger partial charge < -0.3 is 15.4 Å². The minimum atomic E-state index is -0.579.